The fourth-order valence-electron chi connectivity index (χ4n) is 2.33. The SMILES string of the molecule is O=C1CCc2c1c(C(F)(F)F)nn2-c1ccc(F)cc1. The molecule has 0 atom stereocenters. The van der Waals surface area contributed by atoms with Gasteiger partial charge < -0.3 is 0 Å². The number of aromatic nitrogens is 2. The number of rotatable bonds is 1. The molecule has 104 valence electrons. The van der Waals surface area contributed by atoms with Crippen molar-refractivity contribution in [3.05, 3.63) is 47.0 Å². The molecule has 3 rings (SSSR count). The number of nitrogens with zero attached hydrogens (tertiary/aromatic N) is 2. The molecule has 1 aromatic heterocycles. The van der Waals surface area contributed by atoms with E-state index < -0.39 is 23.5 Å². The Morgan fingerprint density at radius 1 is 1.10 bits per heavy atom. The average Bonchev–Trinajstić information content (AvgIpc) is 2.91. The number of Topliss-reactive ketones (excluding diaryl/α,β-unsaturated/α-hetero) is 1. The highest BCUT2D eigenvalue weighted by atomic mass is 19.4. The van der Waals surface area contributed by atoms with Gasteiger partial charge in [0.2, 0.25) is 0 Å². The maximum absolute atomic E-state index is 12.9. The van der Waals surface area contributed by atoms with Crippen LogP contribution < -0.4 is 0 Å². The van der Waals surface area contributed by atoms with Crippen LogP contribution in [0.4, 0.5) is 17.6 Å². The molecule has 0 bridgehead atoms. The number of fused-ring (bicyclic) bond motifs is 1. The molecule has 3 nitrogen and oxygen atoms in total. The smallest absolute Gasteiger partial charge is 0.294 e. The molecule has 0 fully saturated rings. The third kappa shape index (κ3) is 1.90. The molecule has 0 aliphatic heterocycles. The number of carbonyl (C=O) groups excluding carboxylic acids is 1. The van der Waals surface area contributed by atoms with Crippen molar-refractivity contribution in [2.24, 2.45) is 0 Å². The van der Waals surface area contributed by atoms with Gasteiger partial charge in [-0.1, -0.05) is 0 Å². The normalized spacial score (nSPS) is 14.7. The summed E-state index contributed by atoms with van der Waals surface area (Å²) in [6.45, 7) is 0. The van der Waals surface area contributed by atoms with Crippen molar-refractivity contribution in [2.75, 3.05) is 0 Å². The molecule has 0 saturated heterocycles. The van der Waals surface area contributed by atoms with Crippen molar-refractivity contribution in [1.29, 1.82) is 0 Å². The van der Waals surface area contributed by atoms with Crippen LogP contribution in [0.15, 0.2) is 24.3 Å². The minimum Gasteiger partial charge on any atom is -0.294 e. The van der Waals surface area contributed by atoms with E-state index in [0.29, 0.717) is 5.69 Å². The Bertz CT molecular complexity index is 686. The van der Waals surface area contributed by atoms with E-state index >= 15 is 0 Å². The summed E-state index contributed by atoms with van der Waals surface area (Å²) in [7, 11) is 0. The first-order valence-corrected chi connectivity index (χ1v) is 5.86. The monoisotopic (exact) mass is 284 g/mol. The number of hydrogen-bond acceptors (Lipinski definition) is 2. The van der Waals surface area contributed by atoms with Crippen LogP contribution in [-0.2, 0) is 12.6 Å². The molecular weight excluding hydrogens is 276 g/mol. The van der Waals surface area contributed by atoms with Gasteiger partial charge in [-0.15, -0.1) is 0 Å². The van der Waals surface area contributed by atoms with E-state index in [1.54, 1.807) is 0 Å². The number of halogens is 4. The standard InChI is InChI=1S/C13H8F4N2O/c14-7-1-3-8(4-2-7)19-9-5-6-10(20)11(9)12(18-19)13(15,16)17/h1-4H,5-6H2. The second-order valence-electron chi connectivity index (χ2n) is 4.48. The van der Waals surface area contributed by atoms with Crippen LogP contribution in [0, 0.1) is 5.82 Å². The molecule has 0 saturated carbocycles. The lowest BCUT2D eigenvalue weighted by Gasteiger charge is -2.05. The van der Waals surface area contributed by atoms with Gasteiger partial charge >= 0.3 is 6.18 Å². The van der Waals surface area contributed by atoms with Crippen LogP contribution in [0.3, 0.4) is 0 Å². The first-order chi connectivity index (χ1) is 9.38. The van der Waals surface area contributed by atoms with Gasteiger partial charge in [0, 0.05) is 6.42 Å². The lowest BCUT2D eigenvalue weighted by molar-refractivity contribution is -0.141. The molecule has 0 spiro atoms. The zero-order valence-corrected chi connectivity index (χ0v) is 10.0. The molecule has 20 heavy (non-hydrogen) atoms. The molecule has 0 amide bonds. The number of ketones is 1. The molecule has 0 unspecified atom stereocenters. The fraction of sp³-hybridized carbons (Fsp3) is 0.231. The van der Waals surface area contributed by atoms with E-state index in [1.165, 1.54) is 12.1 Å². The summed E-state index contributed by atoms with van der Waals surface area (Å²) in [5.74, 6) is -1.05. The van der Waals surface area contributed by atoms with Gasteiger partial charge in [-0.25, -0.2) is 9.07 Å². The van der Waals surface area contributed by atoms with Crippen LogP contribution in [0.25, 0.3) is 5.69 Å². The van der Waals surface area contributed by atoms with Gasteiger partial charge in [0.25, 0.3) is 0 Å². The fourth-order valence-corrected chi connectivity index (χ4v) is 2.33. The Hall–Kier alpha value is -2.18. The highest BCUT2D eigenvalue weighted by molar-refractivity contribution is 6.01. The van der Waals surface area contributed by atoms with E-state index in [-0.39, 0.29) is 24.1 Å². The van der Waals surface area contributed by atoms with Gasteiger partial charge in [-0.3, -0.25) is 4.79 Å². The van der Waals surface area contributed by atoms with Crippen LogP contribution in [-0.4, -0.2) is 15.6 Å². The van der Waals surface area contributed by atoms with Crippen molar-refractivity contribution in [2.45, 2.75) is 19.0 Å². The highest BCUT2D eigenvalue weighted by Crippen LogP contribution is 2.37. The van der Waals surface area contributed by atoms with Crippen LogP contribution in [0.1, 0.15) is 28.2 Å². The minimum atomic E-state index is -4.69. The van der Waals surface area contributed by atoms with Gasteiger partial charge in [0.05, 0.1) is 16.9 Å². The molecule has 7 heteroatoms. The first-order valence-electron chi connectivity index (χ1n) is 5.86. The summed E-state index contributed by atoms with van der Waals surface area (Å²) in [6.07, 6.45) is -4.44. The number of carbonyl (C=O) groups is 1. The van der Waals surface area contributed by atoms with Crippen LogP contribution in [0.2, 0.25) is 0 Å². The first kappa shape index (κ1) is 12.8. The summed E-state index contributed by atoms with van der Waals surface area (Å²) in [4.78, 5) is 11.6. The summed E-state index contributed by atoms with van der Waals surface area (Å²) in [5, 5.41) is 3.50. The Kier molecular flexibility index (Phi) is 2.67. The zero-order chi connectivity index (χ0) is 14.5. The lowest BCUT2D eigenvalue weighted by Crippen LogP contribution is -2.11. The van der Waals surface area contributed by atoms with Gasteiger partial charge in [-0.2, -0.15) is 18.3 Å². The number of benzene rings is 1. The van der Waals surface area contributed by atoms with Crippen molar-refractivity contribution in [1.82, 2.24) is 9.78 Å². The topological polar surface area (TPSA) is 34.9 Å². The van der Waals surface area contributed by atoms with Crippen molar-refractivity contribution < 1.29 is 22.4 Å². The molecule has 0 radical (unpaired) electrons. The predicted octanol–water partition coefficient (Wildman–Crippen LogP) is 3.16. The summed E-state index contributed by atoms with van der Waals surface area (Å²) < 4.78 is 52.7. The van der Waals surface area contributed by atoms with Crippen molar-refractivity contribution in [3.8, 4) is 5.69 Å². The predicted molar refractivity (Wildman–Crippen MR) is 61.2 cm³/mol. The summed E-state index contributed by atoms with van der Waals surface area (Å²) in [5.41, 5.74) is -0.997. The van der Waals surface area contributed by atoms with E-state index in [0.717, 1.165) is 16.8 Å². The quantitative estimate of drug-likeness (QED) is 0.754. The lowest BCUT2D eigenvalue weighted by atomic mass is 10.2. The van der Waals surface area contributed by atoms with E-state index in [2.05, 4.69) is 5.10 Å². The second kappa shape index (κ2) is 4.16. The Morgan fingerprint density at radius 3 is 2.35 bits per heavy atom. The summed E-state index contributed by atoms with van der Waals surface area (Å²) >= 11 is 0. The largest absolute Gasteiger partial charge is 0.435 e. The molecule has 1 aliphatic rings. The molecule has 1 heterocycles. The van der Waals surface area contributed by atoms with Crippen LogP contribution in [0.5, 0.6) is 0 Å². The number of hydrogen-bond donors (Lipinski definition) is 0. The highest BCUT2D eigenvalue weighted by Gasteiger charge is 2.43. The Morgan fingerprint density at radius 2 is 1.75 bits per heavy atom. The molecule has 1 aromatic carbocycles. The van der Waals surface area contributed by atoms with Gasteiger partial charge in [-0.05, 0) is 30.7 Å². The van der Waals surface area contributed by atoms with E-state index in [9.17, 15) is 22.4 Å². The third-order valence-electron chi connectivity index (χ3n) is 3.19. The Labute approximate surface area is 110 Å². The minimum absolute atomic E-state index is 0.0391. The van der Waals surface area contributed by atoms with E-state index in [4.69, 9.17) is 0 Å². The maximum atomic E-state index is 12.9. The van der Waals surface area contributed by atoms with E-state index in [1.807, 2.05) is 0 Å². The molecule has 2 aromatic rings. The maximum Gasteiger partial charge on any atom is 0.435 e. The molecule has 0 N–H and O–H groups in total. The van der Waals surface area contributed by atoms with Crippen molar-refractivity contribution in [3.63, 3.8) is 0 Å². The average molecular weight is 284 g/mol. The van der Waals surface area contributed by atoms with Gasteiger partial charge in [0.1, 0.15) is 5.82 Å². The molecular formula is C13H8F4N2O. The second-order valence-corrected chi connectivity index (χ2v) is 4.48. The molecule has 1 aliphatic carbocycles. The van der Waals surface area contributed by atoms with Crippen LogP contribution >= 0.6 is 0 Å². The van der Waals surface area contributed by atoms with Crippen molar-refractivity contribution >= 4 is 5.78 Å². The summed E-state index contributed by atoms with van der Waals surface area (Å²) in [6, 6.07) is 4.91. The third-order valence-corrected chi connectivity index (χ3v) is 3.19. The van der Waals surface area contributed by atoms with Gasteiger partial charge in [0.15, 0.2) is 11.5 Å². The number of alkyl halides is 3. The zero-order valence-electron chi connectivity index (χ0n) is 10.0. The Balaban J connectivity index is 2.21.